The molecule has 1 aromatic heterocycles. The summed E-state index contributed by atoms with van der Waals surface area (Å²) < 4.78 is 81.4. The van der Waals surface area contributed by atoms with Gasteiger partial charge in [0.05, 0.1) is 32.1 Å². The van der Waals surface area contributed by atoms with E-state index in [1.54, 1.807) is 6.26 Å². The first-order valence-corrected chi connectivity index (χ1v) is 11.5. The maximum Gasteiger partial charge on any atom is 0.490 e. The lowest BCUT2D eigenvalue weighted by atomic mass is 10.00. The number of furan rings is 1. The van der Waals surface area contributed by atoms with Crippen LogP contribution < -0.4 is 0 Å². The monoisotopic (exact) mass is 548 g/mol. The topological polar surface area (TPSA) is 113 Å². The van der Waals surface area contributed by atoms with Gasteiger partial charge in [-0.3, -0.25) is 4.90 Å². The molecule has 15 heteroatoms. The quantitative estimate of drug-likeness (QED) is 0.547. The molecule has 3 aliphatic rings. The Balaban J connectivity index is 0.000000286. The third-order valence-electron chi connectivity index (χ3n) is 5.87. The summed E-state index contributed by atoms with van der Waals surface area (Å²) in [4.78, 5) is 22.8. The molecule has 0 aromatic carbocycles. The number of ether oxygens (including phenoxy) is 2. The molecule has 0 saturated carbocycles. The summed E-state index contributed by atoms with van der Waals surface area (Å²) in [5.41, 5.74) is -0.118. The van der Waals surface area contributed by atoms with Gasteiger partial charge in [0, 0.05) is 19.6 Å². The molecule has 0 radical (unpaired) electrons. The van der Waals surface area contributed by atoms with E-state index in [4.69, 9.17) is 33.7 Å². The molecule has 1 spiro atoms. The van der Waals surface area contributed by atoms with Gasteiger partial charge in [-0.15, -0.1) is 0 Å². The lowest BCUT2D eigenvalue weighted by Gasteiger charge is -2.32. The molecule has 3 saturated heterocycles. The first-order chi connectivity index (χ1) is 17.2. The van der Waals surface area contributed by atoms with Crippen LogP contribution in [0.5, 0.6) is 0 Å². The molecule has 0 bridgehead atoms. The van der Waals surface area contributed by atoms with E-state index in [1.807, 2.05) is 12.1 Å². The zero-order valence-corrected chi connectivity index (χ0v) is 19.9. The number of carboxylic acids is 2. The number of hydrogen-bond donors (Lipinski definition) is 2. The van der Waals surface area contributed by atoms with Gasteiger partial charge in [-0.2, -0.15) is 26.3 Å². The Bertz CT molecular complexity index is 820. The minimum atomic E-state index is -5.08. The summed E-state index contributed by atoms with van der Waals surface area (Å²) in [5, 5.41) is 14.2. The molecule has 37 heavy (non-hydrogen) atoms. The van der Waals surface area contributed by atoms with E-state index in [0.717, 1.165) is 58.0 Å². The van der Waals surface area contributed by atoms with Crippen molar-refractivity contribution in [2.45, 2.75) is 56.3 Å². The van der Waals surface area contributed by atoms with Crippen LogP contribution in [0.3, 0.4) is 0 Å². The standard InChI is InChI=1S/C18H28N2O3.2C2HF3O2/c1-2-8-19(7-1)13-17-5-6-18(23-17)14-20(9-11-21-15-18)12-16-4-3-10-22-16;2*3-2(4,5)1(6)7/h3-4,10,17H,1-2,5-9,11-15H2;2*(H,6,7). The van der Waals surface area contributed by atoms with Gasteiger partial charge in [0.15, 0.2) is 0 Å². The van der Waals surface area contributed by atoms with Crippen molar-refractivity contribution in [2.75, 3.05) is 45.9 Å². The minimum Gasteiger partial charge on any atom is -0.475 e. The van der Waals surface area contributed by atoms with E-state index in [0.29, 0.717) is 6.10 Å². The number of carboxylic acid groups (broad SMARTS) is 2. The molecule has 2 atom stereocenters. The maximum absolute atomic E-state index is 10.6. The van der Waals surface area contributed by atoms with Crippen LogP contribution in [0.1, 0.15) is 31.4 Å². The van der Waals surface area contributed by atoms with Crippen LogP contribution in [0.4, 0.5) is 26.3 Å². The predicted molar refractivity (Wildman–Crippen MR) is 115 cm³/mol. The highest BCUT2D eigenvalue weighted by molar-refractivity contribution is 5.73. The van der Waals surface area contributed by atoms with Gasteiger partial charge >= 0.3 is 24.3 Å². The van der Waals surface area contributed by atoms with Gasteiger partial charge in [0.25, 0.3) is 0 Å². The van der Waals surface area contributed by atoms with Crippen LogP contribution in [0, 0.1) is 0 Å². The second kappa shape index (κ2) is 13.4. The van der Waals surface area contributed by atoms with Crippen LogP contribution >= 0.6 is 0 Å². The summed E-state index contributed by atoms with van der Waals surface area (Å²) in [6.45, 7) is 7.84. The van der Waals surface area contributed by atoms with E-state index in [2.05, 4.69) is 9.80 Å². The van der Waals surface area contributed by atoms with Crippen LogP contribution in [0.15, 0.2) is 22.8 Å². The maximum atomic E-state index is 10.6. The zero-order chi connectivity index (χ0) is 27.7. The number of aliphatic carboxylic acids is 2. The molecule has 3 fully saturated rings. The Morgan fingerprint density at radius 2 is 1.59 bits per heavy atom. The minimum absolute atomic E-state index is 0.118. The molecular formula is C22H30F6N2O7. The fourth-order valence-corrected chi connectivity index (χ4v) is 4.24. The van der Waals surface area contributed by atoms with Gasteiger partial charge in [-0.1, -0.05) is 0 Å². The van der Waals surface area contributed by atoms with Crippen molar-refractivity contribution >= 4 is 11.9 Å². The normalized spacial score (nSPS) is 25.1. The highest BCUT2D eigenvalue weighted by Gasteiger charge is 2.43. The summed E-state index contributed by atoms with van der Waals surface area (Å²) in [7, 11) is 0. The van der Waals surface area contributed by atoms with E-state index in [1.165, 1.54) is 25.9 Å². The number of likely N-dealkylation sites (tertiary alicyclic amines) is 1. The number of halogens is 6. The van der Waals surface area contributed by atoms with Gasteiger partial charge in [0.1, 0.15) is 11.4 Å². The lowest BCUT2D eigenvalue weighted by Crippen LogP contribution is -2.45. The fourth-order valence-electron chi connectivity index (χ4n) is 4.24. The summed E-state index contributed by atoms with van der Waals surface area (Å²) >= 11 is 0. The lowest BCUT2D eigenvalue weighted by molar-refractivity contribution is -0.193. The van der Waals surface area contributed by atoms with Crippen molar-refractivity contribution in [1.82, 2.24) is 9.80 Å². The van der Waals surface area contributed by atoms with E-state index in [9.17, 15) is 26.3 Å². The van der Waals surface area contributed by atoms with Gasteiger partial charge < -0.3 is 29.0 Å². The first-order valence-electron chi connectivity index (χ1n) is 11.5. The van der Waals surface area contributed by atoms with Crippen molar-refractivity contribution in [2.24, 2.45) is 0 Å². The van der Waals surface area contributed by atoms with Crippen LogP contribution in [0.2, 0.25) is 0 Å². The Hall–Kier alpha value is -2.36. The second-order valence-electron chi connectivity index (χ2n) is 8.92. The molecule has 4 heterocycles. The Morgan fingerprint density at radius 3 is 2.11 bits per heavy atom. The molecule has 1 aromatic rings. The third-order valence-corrected chi connectivity index (χ3v) is 5.87. The molecule has 3 aliphatic heterocycles. The van der Waals surface area contributed by atoms with Crippen molar-refractivity contribution in [1.29, 1.82) is 0 Å². The van der Waals surface area contributed by atoms with Crippen LogP contribution in [-0.2, 0) is 25.6 Å². The SMILES string of the molecule is O=C(O)C(F)(F)F.O=C(O)C(F)(F)F.c1coc(CN2CCOCC3(CCC(CN4CCCC4)O3)C2)c1. The average molecular weight is 548 g/mol. The zero-order valence-electron chi connectivity index (χ0n) is 19.9. The highest BCUT2D eigenvalue weighted by Crippen LogP contribution is 2.34. The summed E-state index contributed by atoms with van der Waals surface area (Å²) in [6.07, 6.45) is -3.08. The molecule has 0 aliphatic carbocycles. The van der Waals surface area contributed by atoms with Gasteiger partial charge in [-0.25, -0.2) is 9.59 Å². The fraction of sp³-hybridized carbons (Fsp3) is 0.727. The van der Waals surface area contributed by atoms with E-state index < -0.39 is 24.3 Å². The Kier molecular flexibility index (Phi) is 11.2. The van der Waals surface area contributed by atoms with Crippen molar-refractivity contribution in [3.63, 3.8) is 0 Å². The molecule has 0 amide bonds. The highest BCUT2D eigenvalue weighted by atomic mass is 19.4. The molecule has 4 rings (SSSR count). The predicted octanol–water partition coefficient (Wildman–Crippen LogP) is 3.39. The number of rotatable bonds is 4. The van der Waals surface area contributed by atoms with Gasteiger partial charge in [0.2, 0.25) is 0 Å². The second-order valence-corrected chi connectivity index (χ2v) is 8.92. The molecule has 2 unspecified atom stereocenters. The average Bonchev–Trinajstić information content (AvgIpc) is 3.52. The Morgan fingerprint density at radius 1 is 1.00 bits per heavy atom. The van der Waals surface area contributed by atoms with Crippen LogP contribution in [-0.4, -0.2) is 102 Å². The first kappa shape index (κ1) is 30.9. The smallest absolute Gasteiger partial charge is 0.475 e. The Labute approximate surface area is 208 Å². The largest absolute Gasteiger partial charge is 0.490 e. The van der Waals surface area contributed by atoms with Crippen molar-refractivity contribution < 1.29 is 60.0 Å². The van der Waals surface area contributed by atoms with Crippen LogP contribution in [0.25, 0.3) is 0 Å². The number of hydrogen-bond acceptors (Lipinski definition) is 7. The summed E-state index contributed by atoms with van der Waals surface area (Å²) in [5.74, 6) is -4.49. The van der Waals surface area contributed by atoms with E-state index >= 15 is 0 Å². The number of carbonyl (C=O) groups is 2. The number of alkyl halides is 6. The van der Waals surface area contributed by atoms with Crippen molar-refractivity contribution in [3.05, 3.63) is 24.2 Å². The molecular weight excluding hydrogens is 518 g/mol. The molecule has 9 nitrogen and oxygen atoms in total. The molecule has 212 valence electrons. The van der Waals surface area contributed by atoms with E-state index in [-0.39, 0.29) is 5.60 Å². The molecule has 2 N–H and O–H groups in total. The third kappa shape index (κ3) is 10.9. The van der Waals surface area contributed by atoms with Crippen molar-refractivity contribution in [3.8, 4) is 0 Å². The summed E-state index contributed by atoms with van der Waals surface area (Å²) in [6, 6.07) is 4.00. The van der Waals surface area contributed by atoms with Gasteiger partial charge in [-0.05, 0) is 50.9 Å². The number of nitrogens with zero attached hydrogens (tertiary/aromatic N) is 2.